The molecule has 12 heteroatoms. The molecule has 1 aliphatic heterocycles. The summed E-state index contributed by atoms with van der Waals surface area (Å²) in [6, 6.07) is -2.28. The summed E-state index contributed by atoms with van der Waals surface area (Å²) < 4.78 is 5.45. The minimum Gasteiger partial charge on any atom is -0.480 e. The Balaban J connectivity index is 1.56. The molecule has 0 spiro atoms. The van der Waals surface area contributed by atoms with Crippen LogP contribution < -0.4 is 16.4 Å². The number of carbonyl (C=O) groups excluding carboxylic acids is 3. The zero-order valence-electron chi connectivity index (χ0n) is 21.3. The molecule has 1 saturated carbocycles. The molecule has 0 aromatic carbocycles. The number of nitrogens with one attached hydrogen (secondary N) is 2. The summed E-state index contributed by atoms with van der Waals surface area (Å²) in [7, 11) is 0. The summed E-state index contributed by atoms with van der Waals surface area (Å²) >= 11 is 1.49. The second-order valence-corrected chi connectivity index (χ2v) is 12.1. The van der Waals surface area contributed by atoms with Crippen molar-refractivity contribution in [3.63, 3.8) is 0 Å². The number of thioether (sulfide) groups is 1. The quantitative estimate of drug-likeness (QED) is 0.185. The fourth-order valence-electron chi connectivity index (χ4n) is 6.23. The monoisotopic (exact) mass is 549 g/mol. The largest absolute Gasteiger partial charge is 0.480 e. The van der Waals surface area contributed by atoms with Gasteiger partial charge in [0, 0.05) is 12.2 Å². The topological polar surface area (TPSA) is 185 Å². The smallest absolute Gasteiger partial charge is 0.322 e. The van der Waals surface area contributed by atoms with Gasteiger partial charge in [0.1, 0.15) is 30.3 Å². The van der Waals surface area contributed by atoms with Gasteiger partial charge in [-0.3, -0.25) is 24.0 Å². The normalized spacial score (nSPS) is 30.9. The molecule has 4 rings (SSSR count). The van der Waals surface area contributed by atoms with Crippen molar-refractivity contribution in [1.82, 2.24) is 10.6 Å². The minimum atomic E-state index is -1.23. The van der Waals surface area contributed by atoms with Crippen LogP contribution in [-0.4, -0.2) is 69.1 Å². The lowest BCUT2D eigenvalue weighted by atomic mass is 9.62. The van der Waals surface area contributed by atoms with Crippen molar-refractivity contribution in [3.05, 3.63) is 23.5 Å². The molecule has 208 valence electrons. The highest BCUT2D eigenvalue weighted by atomic mass is 32.2. The van der Waals surface area contributed by atoms with Crippen LogP contribution >= 0.6 is 11.8 Å². The molecule has 6 N–H and O–H groups in total. The van der Waals surface area contributed by atoms with E-state index < -0.39 is 47.1 Å². The number of fused-ring (bicyclic) bond motifs is 2. The Morgan fingerprint density at radius 2 is 2.03 bits per heavy atom. The second-order valence-electron chi connectivity index (χ2n) is 10.8. The predicted octanol–water partition coefficient (Wildman–Crippen LogP) is 1.18. The van der Waals surface area contributed by atoms with Crippen LogP contribution in [0.2, 0.25) is 0 Å². The highest BCUT2D eigenvalue weighted by Crippen LogP contribution is 2.61. The van der Waals surface area contributed by atoms with E-state index in [-0.39, 0.29) is 42.3 Å². The number of allylic oxidation sites excluding steroid dienone is 1. The number of amides is 2. The van der Waals surface area contributed by atoms with E-state index in [9.17, 15) is 24.0 Å². The van der Waals surface area contributed by atoms with Gasteiger partial charge < -0.3 is 31.3 Å². The molecule has 38 heavy (non-hydrogen) atoms. The Morgan fingerprint density at radius 3 is 2.74 bits per heavy atom. The van der Waals surface area contributed by atoms with Crippen LogP contribution in [0.25, 0.3) is 0 Å². The van der Waals surface area contributed by atoms with Gasteiger partial charge in [-0.25, -0.2) is 0 Å². The highest BCUT2D eigenvalue weighted by molar-refractivity contribution is 8.01. The molecule has 2 amide bonds. The average Bonchev–Trinajstić information content (AvgIpc) is 3.22. The maximum absolute atomic E-state index is 12.9. The highest BCUT2D eigenvalue weighted by Gasteiger charge is 2.58. The summed E-state index contributed by atoms with van der Waals surface area (Å²) in [6.07, 6.45) is 8.24. The molecule has 0 radical (unpaired) electrons. The van der Waals surface area contributed by atoms with E-state index in [1.165, 1.54) is 11.8 Å². The molecule has 3 aliphatic carbocycles. The first-order chi connectivity index (χ1) is 18.0. The lowest BCUT2D eigenvalue weighted by Gasteiger charge is -2.51. The van der Waals surface area contributed by atoms with Gasteiger partial charge in [0.2, 0.25) is 11.8 Å². The predicted molar refractivity (Wildman–Crippen MR) is 138 cm³/mol. The summed E-state index contributed by atoms with van der Waals surface area (Å²) in [6.45, 7) is 1.56. The minimum absolute atomic E-state index is 0.107. The second kappa shape index (κ2) is 11.5. The first kappa shape index (κ1) is 28.2. The van der Waals surface area contributed by atoms with Crippen molar-refractivity contribution in [2.45, 2.75) is 68.7 Å². The van der Waals surface area contributed by atoms with Crippen LogP contribution in [-0.2, 0) is 28.7 Å². The molecule has 1 heterocycles. The van der Waals surface area contributed by atoms with Crippen molar-refractivity contribution in [2.24, 2.45) is 29.4 Å². The van der Waals surface area contributed by atoms with E-state index in [1.54, 1.807) is 0 Å². The molecule has 1 fully saturated rings. The number of rotatable bonds is 11. The van der Waals surface area contributed by atoms with Crippen LogP contribution in [0.4, 0.5) is 0 Å². The zero-order chi connectivity index (χ0) is 27.6. The summed E-state index contributed by atoms with van der Waals surface area (Å²) in [5.74, 6) is -2.59. The number of ether oxygens (including phenoxy) is 1. The molecule has 11 nitrogen and oxygen atoms in total. The van der Waals surface area contributed by atoms with Crippen LogP contribution in [0.5, 0.6) is 0 Å². The summed E-state index contributed by atoms with van der Waals surface area (Å²) in [4.78, 5) is 60.4. The van der Waals surface area contributed by atoms with Gasteiger partial charge in [-0.1, -0.05) is 25.5 Å². The van der Waals surface area contributed by atoms with Crippen molar-refractivity contribution < 1.29 is 38.9 Å². The van der Waals surface area contributed by atoms with Crippen molar-refractivity contribution in [2.75, 3.05) is 12.3 Å². The molecule has 7 atom stereocenters. The fourth-order valence-corrected chi connectivity index (χ4v) is 8.07. The van der Waals surface area contributed by atoms with Gasteiger partial charge in [0.25, 0.3) is 0 Å². The Morgan fingerprint density at radius 1 is 1.26 bits per heavy atom. The third kappa shape index (κ3) is 5.75. The van der Waals surface area contributed by atoms with Crippen molar-refractivity contribution >= 4 is 41.5 Å². The molecule has 0 saturated heterocycles. The molecular weight excluding hydrogens is 514 g/mol. The zero-order valence-corrected chi connectivity index (χ0v) is 22.1. The Hall–Kier alpha value is -2.86. The number of carbonyl (C=O) groups is 5. The van der Waals surface area contributed by atoms with E-state index >= 15 is 0 Å². The van der Waals surface area contributed by atoms with E-state index in [0.717, 1.165) is 43.4 Å². The van der Waals surface area contributed by atoms with Gasteiger partial charge in [-0.2, -0.15) is 0 Å². The lowest BCUT2D eigenvalue weighted by molar-refractivity contribution is -0.140. The van der Waals surface area contributed by atoms with Gasteiger partial charge in [-0.15, -0.1) is 11.8 Å². The van der Waals surface area contributed by atoms with Gasteiger partial charge in [0.05, 0.1) is 4.75 Å². The Labute approximate surface area is 225 Å². The number of nitrogens with two attached hydrogens (primary N) is 1. The van der Waals surface area contributed by atoms with E-state index in [0.29, 0.717) is 5.92 Å². The SMILES string of the molecule is C[C@H]1CC[C@@H]2C[C@@H]3CC=C[C@H]4C(=O)OC(=C34)[C@]2(SC[C@H](NC(=O)CC[C@H](N)C(=O)O)C(=O)NCC(=O)O)C1. The summed E-state index contributed by atoms with van der Waals surface area (Å²) in [5, 5.41) is 23.0. The third-order valence-corrected chi connectivity index (χ3v) is 9.79. The molecule has 0 aromatic rings. The molecule has 4 aliphatic rings. The number of carboxylic acids is 2. The number of esters is 1. The third-order valence-electron chi connectivity index (χ3n) is 8.09. The Bertz CT molecular complexity index is 1070. The van der Waals surface area contributed by atoms with Crippen LogP contribution in [0.3, 0.4) is 0 Å². The number of hydrogen-bond donors (Lipinski definition) is 5. The number of aliphatic carboxylic acids is 2. The van der Waals surface area contributed by atoms with Crippen LogP contribution in [0, 0.1) is 23.7 Å². The first-order valence-corrected chi connectivity index (χ1v) is 14.0. The maximum Gasteiger partial charge on any atom is 0.322 e. The first-order valence-electron chi connectivity index (χ1n) is 13.1. The summed E-state index contributed by atoms with van der Waals surface area (Å²) in [5.41, 5.74) is 6.55. The molecule has 0 aromatic heterocycles. The Kier molecular flexibility index (Phi) is 8.51. The van der Waals surface area contributed by atoms with E-state index in [2.05, 4.69) is 23.6 Å². The van der Waals surface area contributed by atoms with E-state index in [1.807, 2.05) is 6.08 Å². The van der Waals surface area contributed by atoms with Crippen LogP contribution in [0.15, 0.2) is 23.5 Å². The van der Waals surface area contributed by atoms with Crippen molar-refractivity contribution in [1.29, 1.82) is 0 Å². The fraction of sp³-hybridized carbons (Fsp3) is 0.654. The number of hydrogen-bond acceptors (Lipinski definition) is 8. The molecule has 0 unspecified atom stereocenters. The van der Waals surface area contributed by atoms with E-state index in [4.69, 9.17) is 20.7 Å². The molecule has 0 bridgehead atoms. The van der Waals surface area contributed by atoms with Crippen molar-refractivity contribution in [3.8, 4) is 0 Å². The van der Waals surface area contributed by atoms with Gasteiger partial charge in [-0.05, 0) is 55.4 Å². The van der Waals surface area contributed by atoms with Gasteiger partial charge in [0.15, 0.2) is 0 Å². The average molecular weight is 550 g/mol. The van der Waals surface area contributed by atoms with Gasteiger partial charge >= 0.3 is 17.9 Å². The standard InChI is InChI=1S/C26H35N3O8S/c1-13-5-6-15-9-14-3-2-4-16-21(14)22(37-25(16)36)26(15,10-13)38-12-18(23(33)28-11-20(31)32)29-19(30)8-7-17(27)24(34)35/h2,4,13-18H,3,5-12,27H2,1H3,(H,28,33)(H,29,30)(H,31,32)(H,34,35)/t13-,14-,15+,16+,17-,18-,26-/m0/s1. The lowest BCUT2D eigenvalue weighted by Crippen LogP contribution is -2.52. The maximum atomic E-state index is 12.9. The number of carboxylic acid groups (broad SMARTS) is 2. The van der Waals surface area contributed by atoms with Crippen LogP contribution in [0.1, 0.15) is 51.9 Å². The molecular formula is C26H35N3O8S.